The Morgan fingerprint density at radius 3 is 3.00 bits per heavy atom. The standard InChI is InChI=1S/C12H20N4O2/c1-12(2)9-16(4-5-18-12)11(17)13-6-10-7-14-15(3)8-10/h7-8H,4-6,9H2,1-3H3,(H,13,17). The van der Waals surface area contributed by atoms with E-state index >= 15 is 0 Å². The van der Waals surface area contributed by atoms with E-state index in [4.69, 9.17) is 4.74 Å². The van der Waals surface area contributed by atoms with Crippen LogP contribution in [0.15, 0.2) is 12.4 Å². The third-order valence-corrected chi connectivity index (χ3v) is 2.91. The van der Waals surface area contributed by atoms with Crippen molar-refractivity contribution in [1.82, 2.24) is 20.0 Å². The van der Waals surface area contributed by atoms with E-state index in [1.54, 1.807) is 15.8 Å². The minimum Gasteiger partial charge on any atom is -0.372 e. The van der Waals surface area contributed by atoms with Gasteiger partial charge in [-0.3, -0.25) is 4.68 Å². The van der Waals surface area contributed by atoms with Gasteiger partial charge in [0.05, 0.1) is 24.9 Å². The largest absolute Gasteiger partial charge is 0.372 e. The molecule has 2 amide bonds. The first-order valence-corrected chi connectivity index (χ1v) is 6.10. The predicted molar refractivity (Wildman–Crippen MR) is 67.0 cm³/mol. The summed E-state index contributed by atoms with van der Waals surface area (Å²) < 4.78 is 7.30. The van der Waals surface area contributed by atoms with Crippen molar-refractivity contribution in [2.45, 2.75) is 26.0 Å². The van der Waals surface area contributed by atoms with Crippen LogP contribution < -0.4 is 5.32 Å². The number of amides is 2. The molecule has 6 heteroatoms. The number of urea groups is 1. The first-order chi connectivity index (χ1) is 8.46. The van der Waals surface area contributed by atoms with Crippen molar-refractivity contribution in [2.24, 2.45) is 7.05 Å². The van der Waals surface area contributed by atoms with E-state index in [-0.39, 0.29) is 11.6 Å². The van der Waals surface area contributed by atoms with Crippen LogP contribution in [-0.4, -0.2) is 46.0 Å². The summed E-state index contributed by atoms with van der Waals surface area (Å²) in [6.07, 6.45) is 3.65. The van der Waals surface area contributed by atoms with Crippen molar-refractivity contribution in [1.29, 1.82) is 0 Å². The maximum atomic E-state index is 12.0. The third kappa shape index (κ3) is 3.22. The van der Waals surface area contributed by atoms with Gasteiger partial charge in [-0.1, -0.05) is 0 Å². The van der Waals surface area contributed by atoms with Crippen molar-refractivity contribution in [3.05, 3.63) is 18.0 Å². The van der Waals surface area contributed by atoms with Crippen LogP contribution in [-0.2, 0) is 18.3 Å². The summed E-state index contributed by atoms with van der Waals surface area (Å²) >= 11 is 0. The second-order valence-corrected chi connectivity index (χ2v) is 5.21. The lowest BCUT2D eigenvalue weighted by Gasteiger charge is -2.38. The molecule has 1 aliphatic heterocycles. The fraction of sp³-hybridized carbons (Fsp3) is 0.667. The predicted octanol–water partition coefficient (Wildman–Crippen LogP) is 0.740. The van der Waals surface area contributed by atoms with Gasteiger partial charge in [-0.15, -0.1) is 0 Å². The van der Waals surface area contributed by atoms with Gasteiger partial charge in [-0.25, -0.2) is 4.79 Å². The quantitative estimate of drug-likeness (QED) is 0.844. The van der Waals surface area contributed by atoms with Crippen LogP contribution >= 0.6 is 0 Å². The van der Waals surface area contributed by atoms with E-state index < -0.39 is 0 Å². The Morgan fingerprint density at radius 1 is 1.61 bits per heavy atom. The summed E-state index contributed by atoms with van der Waals surface area (Å²) in [5, 5.41) is 6.96. The molecule has 0 radical (unpaired) electrons. The molecule has 1 fully saturated rings. The molecule has 18 heavy (non-hydrogen) atoms. The van der Waals surface area contributed by atoms with Crippen LogP contribution in [0, 0.1) is 0 Å². The summed E-state index contributed by atoms with van der Waals surface area (Å²) in [6.45, 7) is 6.34. The highest BCUT2D eigenvalue weighted by atomic mass is 16.5. The molecule has 0 bridgehead atoms. The van der Waals surface area contributed by atoms with Crippen molar-refractivity contribution >= 4 is 6.03 Å². The van der Waals surface area contributed by atoms with Gasteiger partial charge in [-0.2, -0.15) is 5.10 Å². The average Bonchev–Trinajstić information content (AvgIpc) is 2.70. The smallest absolute Gasteiger partial charge is 0.317 e. The Labute approximate surface area is 107 Å². The maximum absolute atomic E-state index is 12.0. The molecule has 100 valence electrons. The lowest BCUT2D eigenvalue weighted by atomic mass is 10.1. The zero-order valence-electron chi connectivity index (χ0n) is 11.1. The molecule has 2 heterocycles. The van der Waals surface area contributed by atoms with Crippen LogP contribution in [0.1, 0.15) is 19.4 Å². The number of nitrogens with zero attached hydrogens (tertiary/aromatic N) is 3. The number of rotatable bonds is 2. The van der Waals surface area contributed by atoms with Gasteiger partial charge in [0.2, 0.25) is 0 Å². The van der Waals surface area contributed by atoms with Gasteiger partial charge in [0, 0.05) is 31.9 Å². The van der Waals surface area contributed by atoms with E-state index in [0.29, 0.717) is 26.2 Å². The molecule has 0 atom stereocenters. The molecular weight excluding hydrogens is 232 g/mol. The van der Waals surface area contributed by atoms with E-state index in [1.807, 2.05) is 27.1 Å². The van der Waals surface area contributed by atoms with Crippen LogP contribution in [0.3, 0.4) is 0 Å². The molecule has 1 saturated heterocycles. The Hall–Kier alpha value is -1.56. The highest BCUT2D eigenvalue weighted by Gasteiger charge is 2.29. The molecule has 0 unspecified atom stereocenters. The van der Waals surface area contributed by atoms with Crippen molar-refractivity contribution < 1.29 is 9.53 Å². The number of morpholine rings is 1. The van der Waals surface area contributed by atoms with Gasteiger partial charge in [-0.05, 0) is 13.8 Å². The number of hydrogen-bond donors (Lipinski definition) is 1. The van der Waals surface area contributed by atoms with Crippen LogP contribution in [0.4, 0.5) is 4.79 Å². The van der Waals surface area contributed by atoms with E-state index in [2.05, 4.69) is 10.4 Å². The van der Waals surface area contributed by atoms with Gasteiger partial charge in [0.25, 0.3) is 0 Å². The first kappa shape index (κ1) is 12.9. The van der Waals surface area contributed by atoms with E-state index in [0.717, 1.165) is 5.56 Å². The van der Waals surface area contributed by atoms with E-state index in [1.165, 1.54) is 0 Å². The zero-order chi connectivity index (χ0) is 13.2. The average molecular weight is 252 g/mol. The monoisotopic (exact) mass is 252 g/mol. The first-order valence-electron chi connectivity index (χ1n) is 6.10. The molecule has 6 nitrogen and oxygen atoms in total. The normalized spacial score (nSPS) is 18.7. The van der Waals surface area contributed by atoms with E-state index in [9.17, 15) is 4.79 Å². The van der Waals surface area contributed by atoms with Gasteiger partial charge in [0.15, 0.2) is 0 Å². The van der Waals surface area contributed by atoms with Crippen molar-refractivity contribution in [2.75, 3.05) is 19.7 Å². The van der Waals surface area contributed by atoms with Crippen molar-refractivity contribution in [3.8, 4) is 0 Å². The number of carbonyl (C=O) groups is 1. The number of ether oxygens (including phenoxy) is 1. The summed E-state index contributed by atoms with van der Waals surface area (Å²) in [5.41, 5.74) is 0.738. The second kappa shape index (κ2) is 4.97. The molecule has 0 saturated carbocycles. The highest BCUT2D eigenvalue weighted by Crippen LogP contribution is 2.16. The van der Waals surface area contributed by atoms with Crippen LogP contribution in [0.5, 0.6) is 0 Å². The Balaban J connectivity index is 1.84. The topological polar surface area (TPSA) is 59.4 Å². The number of nitrogens with one attached hydrogen (secondary N) is 1. The fourth-order valence-electron chi connectivity index (χ4n) is 2.04. The van der Waals surface area contributed by atoms with Crippen LogP contribution in [0.2, 0.25) is 0 Å². The molecule has 0 spiro atoms. The second-order valence-electron chi connectivity index (χ2n) is 5.21. The Kier molecular flexibility index (Phi) is 3.56. The van der Waals surface area contributed by atoms with Gasteiger partial charge < -0.3 is 15.0 Å². The van der Waals surface area contributed by atoms with Crippen molar-refractivity contribution in [3.63, 3.8) is 0 Å². The molecule has 1 aromatic rings. The molecule has 1 aromatic heterocycles. The number of carbonyl (C=O) groups excluding carboxylic acids is 1. The third-order valence-electron chi connectivity index (χ3n) is 2.91. The minimum atomic E-state index is -0.260. The lowest BCUT2D eigenvalue weighted by molar-refractivity contribution is -0.0733. The number of aryl methyl sites for hydroxylation is 1. The molecule has 0 aliphatic carbocycles. The molecule has 0 aromatic carbocycles. The fourth-order valence-corrected chi connectivity index (χ4v) is 2.04. The Bertz CT molecular complexity index is 427. The zero-order valence-corrected chi connectivity index (χ0v) is 11.1. The molecule has 1 aliphatic rings. The lowest BCUT2D eigenvalue weighted by Crippen LogP contribution is -2.53. The molecular formula is C12H20N4O2. The number of hydrogen-bond acceptors (Lipinski definition) is 3. The summed E-state index contributed by atoms with van der Waals surface area (Å²) in [4.78, 5) is 13.8. The number of aromatic nitrogens is 2. The van der Waals surface area contributed by atoms with Gasteiger partial charge in [0.1, 0.15) is 0 Å². The summed E-state index contributed by atoms with van der Waals surface area (Å²) in [7, 11) is 1.86. The van der Waals surface area contributed by atoms with Crippen LogP contribution in [0.25, 0.3) is 0 Å². The molecule has 1 N–H and O–H groups in total. The highest BCUT2D eigenvalue weighted by molar-refractivity contribution is 5.74. The van der Waals surface area contributed by atoms with Gasteiger partial charge >= 0.3 is 6.03 Å². The minimum absolute atomic E-state index is 0.0461. The summed E-state index contributed by atoms with van der Waals surface area (Å²) in [6, 6.07) is -0.0461. The Morgan fingerprint density at radius 2 is 2.39 bits per heavy atom. The summed E-state index contributed by atoms with van der Waals surface area (Å²) in [5.74, 6) is 0. The maximum Gasteiger partial charge on any atom is 0.317 e. The SMILES string of the molecule is Cn1cc(CNC(=O)N2CCOC(C)(C)C2)cn1. The molecule has 2 rings (SSSR count).